The Bertz CT molecular complexity index is 372. The average Bonchev–Trinajstić information content (AvgIpc) is 2.52. The first-order valence-corrected chi connectivity index (χ1v) is 4.85. The van der Waals surface area contributed by atoms with E-state index in [0.29, 0.717) is 12.4 Å². The van der Waals surface area contributed by atoms with Gasteiger partial charge in [0.05, 0.1) is 6.61 Å². The molecule has 0 radical (unpaired) electrons. The van der Waals surface area contributed by atoms with Crippen LogP contribution in [0.25, 0.3) is 0 Å². The highest BCUT2D eigenvalue weighted by molar-refractivity contribution is 5.55. The van der Waals surface area contributed by atoms with Gasteiger partial charge < -0.3 is 15.6 Å². The summed E-state index contributed by atoms with van der Waals surface area (Å²) in [6.45, 7) is 4.44. The highest BCUT2D eigenvalue weighted by atomic mass is 16.5. The molecule has 1 unspecified atom stereocenters. The molecule has 0 aliphatic carbocycles. The largest absolute Gasteiger partial charge is 0.507 e. The molecule has 0 spiro atoms. The van der Waals surface area contributed by atoms with Crippen molar-refractivity contribution in [3.63, 3.8) is 0 Å². The van der Waals surface area contributed by atoms with Gasteiger partial charge in [0.1, 0.15) is 11.5 Å². The number of hydrogen-bond donors (Lipinski definition) is 2. The molecule has 1 heterocycles. The Hall–Kier alpha value is -1.22. The van der Waals surface area contributed by atoms with Crippen molar-refractivity contribution in [2.45, 2.75) is 26.3 Å². The van der Waals surface area contributed by atoms with E-state index in [0.717, 1.165) is 28.9 Å². The van der Waals surface area contributed by atoms with Crippen molar-refractivity contribution < 1.29 is 9.84 Å². The van der Waals surface area contributed by atoms with Gasteiger partial charge in [-0.2, -0.15) is 0 Å². The molecule has 2 rings (SSSR count). The maximum Gasteiger partial charge on any atom is 0.123 e. The number of nitrogens with two attached hydrogens (primary N) is 1. The Balaban J connectivity index is 2.66. The third kappa shape index (κ3) is 1.24. The van der Waals surface area contributed by atoms with Crippen LogP contribution in [0.15, 0.2) is 6.07 Å². The van der Waals surface area contributed by atoms with E-state index in [-0.39, 0.29) is 6.04 Å². The van der Waals surface area contributed by atoms with E-state index in [1.54, 1.807) is 0 Å². The molecular weight excluding hydrogens is 178 g/mol. The number of rotatable bonds is 1. The summed E-state index contributed by atoms with van der Waals surface area (Å²) < 4.78 is 5.46. The van der Waals surface area contributed by atoms with Crippen LogP contribution in [0.4, 0.5) is 0 Å². The highest BCUT2D eigenvalue weighted by Crippen LogP contribution is 2.39. The second kappa shape index (κ2) is 3.17. The fourth-order valence-electron chi connectivity index (χ4n) is 1.98. The van der Waals surface area contributed by atoms with E-state index in [4.69, 9.17) is 10.5 Å². The highest BCUT2D eigenvalue weighted by Gasteiger charge is 2.22. The van der Waals surface area contributed by atoms with Crippen LogP contribution in [0.5, 0.6) is 11.5 Å². The molecule has 3 N–H and O–H groups in total. The minimum absolute atomic E-state index is 0.148. The summed E-state index contributed by atoms with van der Waals surface area (Å²) in [5.41, 5.74) is 8.59. The zero-order chi connectivity index (χ0) is 10.3. The number of benzene rings is 1. The molecule has 3 nitrogen and oxygen atoms in total. The molecule has 14 heavy (non-hydrogen) atoms. The van der Waals surface area contributed by atoms with Crippen molar-refractivity contribution in [3.05, 3.63) is 22.8 Å². The summed E-state index contributed by atoms with van der Waals surface area (Å²) in [4.78, 5) is 0. The molecule has 1 aliphatic rings. The van der Waals surface area contributed by atoms with E-state index < -0.39 is 0 Å². The van der Waals surface area contributed by atoms with E-state index in [2.05, 4.69) is 0 Å². The first-order valence-electron chi connectivity index (χ1n) is 4.85. The lowest BCUT2D eigenvalue weighted by Gasteiger charge is -2.14. The van der Waals surface area contributed by atoms with Crippen LogP contribution in [0.3, 0.4) is 0 Å². The zero-order valence-corrected chi connectivity index (χ0v) is 8.50. The van der Waals surface area contributed by atoms with Crippen molar-refractivity contribution in [2.24, 2.45) is 5.73 Å². The number of ether oxygens (including phenoxy) is 1. The summed E-state index contributed by atoms with van der Waals surface area (Å²) in [6, 6.07) is 1.73. The molecule has 0 amide bonds. The molecule has 0 saturated carbocycles. The molecule has 1 aromatic rings. The minimum Gasteiger partial charge on any atom is -0.507 e. The Labute approximate surface area is 83.5 Å². The second-order valence-corrected chi connectivity index (χ2v) is 3.82. The Morgan fingerprint density at radius 1 is 1.57 bits per heavy atom. The fourth-order valence-corrected chi connectivity index (χ4v) is 1.98. The number of phenolic OH excluding ortho intramolecular Hbond substituents is 1. The number of phenols is 1. The van der Waals surface area contributed by atoms with Crippen molar-refractivity contribution in [2.75, 3.05) is 6.61 Å². The van der Waals surface area contributed by atoms with E-state index in [1.165, 1.54) is 0 Å². The standard InChI is InChI=1S/C11H15NO2/c1-6-5-9-8(3-4-14-9)10(7(2)12)11(6)13/h5,7,13H,3-4,12H2,1-2H3. The number of fused-ring (bicyclic) bond motifs is 1. The molecular formula is C11H15NO2. The predicted octanol–water partition coefficient (Wildman–Crippen LogP) is 1.66. The van der Waals surface area contributed by atoms with Gasteiger partial charge in [-0.05, 0) is 25.5 Å². The Morgan fingerprint density at radius 3 is 2.93 bits per heavy atom. The first kappa shape index (κ1) is 9.34. The van der Waals surface area contributed by atoms with Gasteiger partial charge in [-0.25, -0.2) is 0 Å². The molecule has 1 aliphatic heterocycles. The van der Waals surface area contributed by atoms with Crippen LogP contribution < -0.4 is 10.5 Å². The van der Waals surface area contributed by atoms with E-state index >= 15 is 0 Å². The van der Waals surface area contributed by atoms with E-state index in [1.807, 2.05) is 19.9 Å². The van der Waals surface area contributed by atoms with Gasteiger partial charge in [-0.3, -0.25) is 0 Å². The quantitative estimate of drug-likeness (QED) is 0.713. The Morgan fingerprint density at radius 2 is 2.29 bits per heavy atom. The molecule has 1 atom stereocenters. The lowest BCUT2D eigenvalue weighted by molar-refractivity contribution is 0.356. The van der Waals surface area contributed by atoms with Crippen LogP contribution in [0.1, 0.15) is 29.7 Å². The van der Waals surface area contributed by atoms with Crippen LogP contribution in [-0.4, -0.2) is 11.7 Å². The molecule has 0 fully saturated rings. The summed E-state index contributed by atoms with van der Waals surface area (Å²) in [5, 5.41) is 9.90. The summed E-state index contributed by atoms with van der Waals surface area (Å²) >= 11 is 0. The van der Waals surface area contributed by atoms with Crippen LogP contribution in [0.2, 0.25) is 0 Å². The van der Waals surface area contributed by atoms with Crippen molar-refractivity contribution in [3.8, 4) is 11.5 Å². The summed E-state index contributed by atoms with van der Waals surface area (Å²) in [7, 11) is 0. The molecule has 0 bridgehead atoms. The van der Waals surface area contributed by atoms with Gasteiger partial charge in [0.15, 0.2) is 0 Å². The van der Waals surface area contributed by atoms with Gasteiger partial charge in [-0.15, -0.1) is 0 Å². The first-order chi connectivity index (χ1) is 6.61. The topological polar surface area (TPSA) is 55.5 Å². The van der Waals surface area contributed by atoms with Gasteiger partial charge in [-0.1, -0.05) is 0 Å². The maximum absolute atomic E-state index is 9.90. The van der Waals surface area contributed by atoms with Crippen LogP contribution >= 0.6 is 0 Å². The number of aromatic hydroxyl groups is 1. The predicted molar refractivity (Wildman–Crippen MR) is 54.6 cm³/mol. The van der Waals surface area contributed by atoms with Crippen molar-refractivity contribution in [1.29, 1.82) is 0 Å². The van der Waals surface area contributed by atoms with Crippen molar-refractivity contribution >= 4 is 0 Å². The third-order valence-corrected chi connectivity index (χ3v) is 2.66. The molecule has 3 heteroatoms. The third-order valence-electron chi connectivity index (χ3n) is 2.66. The number of aryl methyl sites for hydroxylation is 1. The minimum atomic E-state index is -0.148. The number of hydrogen-bond acceptors (Lipinski definition) is 3. The SMILES string of the molecule is Cc1cc2c(c(C(C)N)c1O)CCO2. The van der Waals surface area contributed by atoms with Crippen LogP contribution in [0, 0.1) is 6.92 Å². The Kier molecular flexibility index (Phi) is 2.11. The molecule has 76 valence electrons. The van der Waals surface area contributed by atoms with E-state index in [9.17, 15) is 5.11 Å². The maximum atomic E-state index is 9.90. The summed E-state index contributed by atoms with van der Waals surface area (Å²) in [5.74, 6) is 1.21. The van der Waals surface area contributed by atoms with Gasteiger partial charge in [0.25, 0.3) is 0 Å². The monoisotopic (exact) mass is 193 g/mol. The van der Waals surface area contributed by atoms with Crippen LogP contribution in [-0.2, 0) is 6.42 Å². The fraction of sp³-hybridized carbons (Fsp3) is 0.455. The lowest BCUT2D eigenvalue weighted by Crippen LogP contribution is -2.08. The normalized spacial score (nSPS) is 16.2. The lowest BCUT2D eigenvalue weighted by atomic mass is 9.96. The zero-order valence-electron chi connectivity index (χ0n) is 8.50. The smallest absolute Gasteiger partial charge is 0.123 e. The molecule has 0 aromatic heterocycles. The van der Waals surface area contributed by atoms with Gasteiger partial charge in [0.2, 0.25) is 0 Å². The van der Waals surface area contributed by atoms with Gasteiger partial charge >= 0.3 is 0 Å². The summed E-state index contributed by atoms with van der Waals surface area (Å²) in [6.07, 6.45) is 0.847. The average molecular weight is 193 g/mol. The second-order valence-electron chi connectivity index (χ2n) is 3.82. The van der Waals surface area contributed by atoms with Crippen molar-refractivity contribution in [1.82, 2.24) is 0 Å². The van der Waals surface area contributed by atoms with Gasteiger partial charge in [0, 0.05) is 23.6 Å². The molecule has 1 aromatic carbocycles. The molecule has 0 saturated heterocycles.